The molecule has 0 radical (unpaired) electrons. The monoisotopic (exact) mass is 369 g/mol. The summed E-state index contributed by atoms with van der Waals surface area (Å²) in [4.78, 5) is 35.5. The van der Waals surface area contributed by atoms with Gasteiger partial charge < -0.3 is 14.8 Å². The number of esters is 1. The number of carbonyl (C=O) groups excluding carboxylic acids is 3. The van der Waals surface area contributed by atoms with Crippen LogP contribution < -0.4 is 10.1 Å². The number of ether oxygens (including phenoxy) is 2. The largest absolute Gasteiger partial charge is 0.496 e. The minimum atomic E-state index is -0.578. The van der Waals surface area contributed by atoms with E-state index in [4.69, 9.17) is 9.47 Å². The van der Waals surface area contributed by atoms with Crippen molar-refractivity contribution in [1.29, 1.82) is 0 Å². The highest BCUT2D eigenvalue weighted by molar-refractivity contribution is 5.95. The van der Waals surface area contributed by atoms with Gasteiger partial charge in [-0.25, -0.2) is 0 Å². The molecule has 0 heterocycles. The van der Waals surface area contributed by atoms with Gasteiger partial charge in [0.1, 0.15) is 5.75 Å². The van der Waals surface area contributed by atoms with E-state index in [1.54, 1.807) is 30.3 Å². The van der Waals surface area contributed by atoms with Crippen molar-refractivity contribution >= 4 is 23.3 Å². The van der Waals surface area contributed by atoms with Crippen LogP contribution in [0, 0.1) is 0 Å². The lowest BCUT2D eigenvalue weighted by Crippen LogP contribution is -2.21. The maximum Gasteiger partial charge on any atom is 0.310 e. The maximum atomic E-state index is 12.1. The van der Waals surface area contributed by atoms with Crippen molar-refractivity contribution < 1.29 is 23.9 Å². The van der Waals surface area contributed by atoms with E-state index in [0.29, 0.717) is 22.6 Å². The fourth-order valence-electron chi connectivity index (χ4n) is 2.51. The highest BCUT2D eigenvalue weighted by Gasteiger charge is 2.14. The summed E-state index contributed by atoms with van der Waals surface area (Å²) in [5.74, 6) is -0.624. The molecule has 0 saturated carbocycles. The molecule has 2 aromatic carbocycles. The first-order valence-electron chi connectivity index (χ1n) is 8.65. The highest BCUT2D eigenvalue weighted by atomic mass is 16.5. The summed E-state index contributed by atoms with van der Waals surface area (Å²) in [5, 5.41) is 2.67. The van der Waals surface area contributed by atoms with Crippen LogP contribution in [0.1, 0.15) is 35.3 Å². The molecule has 0 aliphatic rings. The molecule has 6 nitrogen and oxygen atoms in total. The second-order valence-corrected chi connectivity index (χ2v) is 6.02. The van der Waals surface area contributed by atoms with Gasteiger partial charge in [-0.2, -0.15) is 0 Å². The molecule has 2 aromatic rings. The van der Waals surface area contributed by atoms with Gasteiger partial charge in [0, 0.05) is 16.8 Å². The molecule has 1 amide bonds. The molecular formula is C21H23NO5. The van der Waals surface area contributed by atoms with Crippen LogP contribution in [-0.4, -0.2) is 31.4 Å². The molecule has 142 valence electrons. The molecule has 0 fully saturated rings. The average molecular weight is 369 g/mol. The third-order valence-electron chi connectivity index (χ3n) is 4.03. The van der Waals surface area contributed by atoms with Crippen LogP contribution in [-0.2, 0) is 27.2 Å². The number of anilines is 1. The summed E-state index contributed by atoms with van der Waals surface area (Å²) in [6.07, 6.45) is 0.822. The molecule has 0 atom stereocenters. The lowest BCUT2D eigenvalue weighted by molar-refractivity contribution is -0.146. The Balaban J connectivity index is 1.90. The van der Waals surface area contributed by atoms with Gasteiger partial charge in [0.25, 0.3) is 5.91 Å². The number of hydrogen-bond donors (Lipinski definition) is 1. The first kappa shape index (κ1) is 20.2. The number of ketones is 1. The molecule has 0 bridgehead atoms. The van der Waals surface area contributed by atoms with Gasteiger partial charge in [-0.1, -0.05) is 19.1 Å². The molecule has 0 aliphatic heterocycles. The van der Waals surface area contributed by atoms with Crippen LogP contribution >= 0.6 is 0 Å². The standard InChI is InChI=1S/C21H23NO5/c1-4-15-5-8-18(9-6-15)22-20(24)13-27-21(25)12-17-11-16(14(2)23)7-10-19(17)26-3/h5-11H,4,12-13H2,1-3H3,(H,22,24). The van der Waals surface area contributed by atoms with Gasteiger partial charge in [-0.15, -0.1) is 0 Å². The molecule has 1 N–H and O–H groups in total. The molecule has 0 spiro atoms. The van der Waals surface area contributed by atoms with Crippen LogP contribution in [0.2, 0.25) is 0 Å². The summed E-state index contributed by atoms with van der Waals surface area (Å²) in [5.41, 5.74) is 2.82. The normalized spacial score (nSPS) is 10.2. The van der Waals surface area contributed by atoms with Crippen molar-refractivity contribution in [2.75, 3.05) is 19.0 Å². The number of benzene rings is 2. The van der Waals surface area contributed by atoms with Crippen molar-refractivity contribution in [3.63, 3.8) is 0 Å². The molecule has 0 aromatic heterocycles. The van der Waals surface area contributed by atoms with Crippen molar-refractivity contribution in [2.24, 2.45) is 0 Å². The lowest BCUT2D eigenvalue weighted by atomic mass is 10.0. The second-order valence-electron chi connectivity index (χ2n) is 6.02. The number of carbonyl (C=O) groups is 3. The predicted octanol–water partition coefficient (Wildman–Crippen LogP) is 3.18. The zero-order valence-corrected chi connectivity index (χ0v) is 15.7. The summed E-state index contributed by atoms with van der Waals surface area (Å²) >= 11 is 0. The second kappa shape index (κ2) is 9.52. The van der Waals surface area contributed by atoms with E-state index < -0.39 is 11.9 Å². The van der Waals surface area contributed by atoms with E-state index >= 15 is 0 Å². The number of rotatable bonds is 8. The first-order chi connectivity index (χ1) is 12.9. The maximum absolute atomic E-state index is 12.1. The highest BCUT2D eigenvalue weighted by Crippen LogP contribution is 2.21. The summed E-state index contributed by atoms with van der Waals surface area (Å²) in [6, 6.07) is 12.3. The third-order valence-corrected chi connectivity index (χ3v) is 4.03. The first-order valence-corrected chi connectivity index (χ1v) is 8.65. The molecule has 6 heteroatoms. The van der Waals surface area contributed by atoms with E-state index in [9.17, 15) is 14.4 Å². The molecular weight excluding hydrogens is 346 g/mol. The van der Waals surface area contributed by atoms with Crippen LogP contribution in [0.15, 0.2) is 42.5 Å². The molecule has 0 saturated heterocycles. The zero-order valence-electron chi connectivity index (χ0n) is 15.7. The molecule has 0 aliphatic carbocycles. The van der Waals surface area contributed by atoms with Crippen molar-refractivity contribution in [3.8, 4) is 5.75 Å². The number of amides is 1. The van der Waals surface area contributed by atoms with Crippen molar-refractivity contribution in [2.45, 2.75) is 26.7 Å². The Morgan fingerprint density at radius 2 is 1.74 bits per heavy atom. The average Bonchev–Trinajstić information content (AvgIpc) is 2.67. The van der Waals surface area contributed by atoms with Gasteiger partial charge in [-0.3, -0.25) is 14.4 Å². The van der Waals surface area contributed by atoms with Crippen LogP contribution in [0.5, 0.6) is 5.75 Å². The number of hydrogen-bond acceptors (Lipinski definition) is 5. The van der Waals surface area contributed by atoms with Crippen molar-refractivity contribution in [1.82, 2.24) is 0 Å². The zero-order chi connectivity index (χ0) is 19.8. The number of Topliss-reactive ketones (excluding diaryl/α,β-unsaturated/α-hetero) is 1. The topological polar surface area (TPSA) is 81.7 Å². The Morgan fingerprint density at radius 1 is 1.04 bits per heavy atom. The number of nitrogens with one attached hydrogen (secondary N) is 1. The minimum absolute atomic E-state index is 0.0945. The Hall–Kier alpha value is -3.15. The van der Waals surface area contributed by atoms with Gasteiger partial charge in [0.2, 0.25) is 0 Å². The Kier molecular flexibility index (Phi) is 7.11. The van der Waals surface area contributed by atoms with E-state index in [1.807, 2.05) is 19.1 Å². The van der Waals surface area contributed by atoms with Crippen LogP contribution in [0.3, 0.4) is 0 Å². The van der Waals surface area contributed by atoms with Gasteiger partial charge >= 0.3 is 5.97 Å². The van der Waals surface area contributed by atoms with Crippen molar-refractivity contribution in [3.05, 3.63) is 59.2 Å². The van der Waals surface area contributed by atoms with Crippen LogP contribution in [0.4, 0.5) is 5.69 Å². The van der Waals surface area contributed by atoms with E-state index in [2.05, 4.69) is 5.32 Å². The summed E-state index contributed by atoms with van der Waals surface area (Å²) in [6.45, 7) is 3.11. The van der Waals surface area contributed by atoms with Gasteiger partial charge in [0.05, 0.1) is 13.5 Å². The number of methoxy groups -OCH3 is 1. The molecule has 2 rings (SSSR count). The van der Waals surface area contributed by atoms with E-state index in [-0.39, 0.29) is 18.8 Å². The Labute approximate surface area is 158 Å². The molecule has 27 heavy (non-hydrogen) atoms. The fourth-order valence-corrected chi connectivity index (χ4v) is 2.51. The molecule has 0 unspecified atom stereocenters. The summed E-state index contributed by atoms with van der Waals surface area (Å²) in [7, 11) is 1.48. The minimum Gasteiger partial charge on any atom is -0.496 e. The van der Waals surface area contributed by atoms with E-state index in [0.717, 1.165) is 6.42 Å². The lowest BCUT2D eigenvalue weighted by Gasteiger charge is -2.10. The van der Waals surface area contributed by atoms with Gasteiger partial charge in [0.15, 0.2) is 12.4 Å². The van der Waals surface area contributed by atoms with Gasteiger partial charge in [-0.05, 0) is 49.2 Å². The summed E-state index contributed by atoms with van der Waals surface area (Å²) < 4.78 is 10.2. The number of aryl methyl sites for hydroxylation is 1. The smallest absolute Gasteiger partial charge is 0.310 e. The van der Waals surface area contributed by atoms with E-state index in [1.165, 1.54) is 19.6 Å². The van der Waals surface area contributed by atoms with Crippen LogP contribution in [0.25, 0.3) is 0 Å². The fraction of sp³-hybridized carbons (Fsp3) is 0.286. The Bertz CT molecular complexity index is 827. The SMILES string of the molecule is CCc1ccc(NC(=O)COC(=O)Cc2cc(C(C)=O)ccc2OC)cc1. The Morgan fingerprint density at radius 3 is 2.33 bits per heavy atom. The third kappa shape index (κ3) is 5.95. The predicted molar refractivity (Wildman–Crippen MR) is 102 cm³/mol. The quantitative estimate of drug-likeness (QED) is 0.571.